The van der Waals surface area contributed by atoms with Gasteiger partial charge >= 0.3 is 0 Å². The monoisotopic (exact) mass is 285 g/mol. The zero-order valence-corrected chi connectivity index (χ0v) is 11.4. The third-order valence-corrected chi connectivity index (χ3v) is 3.66. The van der Waals surface area contributed by atoms with Crippen LogP contribution in [-0.2, 0) is 10.0 Å². The largest absolute Gasteiger partial charge is 0.395 e. The standard InChI is InChI=1S/C13H16FNO3S/c1-2-9-19(17,18)15-12-6-7-13(14)11(10-12)5-3-4-8-16/h6-7,10,15-16H,2,4,8-9H2,1H3. The molecule has 0 unspecified atom stereocenters. The molecule has 0 saturated carbocycles. The van der Waals surface area contributed by atoms with Crippen LogP contribution in [0.1, 0.15) is 25.3 Å². The molecule has 6 heteroatoms. The molecule has 1 aromatic carbocycles. The minimum Gasteiger partial charge on any atom is -0.395 e. The molecule has 0 spiro atoms. The summed E-state index contributed by atoms with van der Waals surface area (Å²) in [7, 11) is -3.40. The molecular weight excluding hydrogens is 269 g/mol. The van der Waals surface area contributed by atoms with Crippen molar-refractivity contribution in [3.8, 4) is 11.8 Å². The molecule has 1 rings (SSSR count). The molecule has 0 bridgehead atoms. The van der Waals surface area contributed by atoms with Crippen molar-refractivity contribution >= 4 is 15.7 Å². The Morgan fingerprint density at radius 1 is 1.42 bits per heavy atom. The highest BCUT2D eigenvalue weighted by Gasteiger charge is 2.10. The Morgan fingerprint density at radius 3 is 2.79 bits per heavy atom. The summed E-state index contributed by atoms with van der Waals surface area (Å²) < 4.78 is 39.0. The fourth-order valence-electron chi connectivity index (χ4n) is 1.40. The number of hydrogen-bond acceptors (Lipinski definition) is 3. The predicted octanol–water partition coefficient (Wildman–Crippen LogP) is 1.71. The number of aliphatic hydroxyl groups is 1. The summed E-state index contributed by atoms with van der Waals surface area (Å²) in [6, 6.07) is 3.85. The number of rotatable bonds is 5. The van der Waals surface area contributed by atoms with Gasteiger partial charge in [0.15, 0.2) is 0 Å². The first kappa shape index (κ1) is 15.5. The molecule has 19 heavy (non-hydrogen) atoms. The van der Waals surface area contributed by atoms with Gasteiger partial charge in [0.1, 0.15) is 5.82 Å². The van der Waals surface area contributed by atoms with Crippen molar-refractivity contribution in [3.05, 3.63) is 29.6 Å². The molecular formula is C13H16FNO3S. The second kappa shape index (κ2) is 7.12. The summed E-state index contributed by atoms with van der Waals surface area (Å²) in [6.07, 6.45) is 0.741. The van der Waals surface area contributed by atoms with Gasteiger partial charge in [-0.2, -0.15) is 0 Å². The molecule has 4 nitrogen and oxygen atoms in total. The van der Waals surface area contributed by atoms with Crippen LogP contribution >= 0.6 is 0 Å². The van der Waals surface area contributed by atoms with E-state index in [1.54, 1.807) is 6.92 Å². The molecule has 0 aromatic heterocycles. The summed E-state index contributed by atoms with van der Waals surface area (Å²) in [5, 5.41) is 8.59. The van der Waals surface area contributed by atoms with Crippen LogP contribution in [0.2, 0.25) is 0 Å². The van der Waals surface area contributed by atoms with Gasteiger partial charge in [-0.1, -0.05) is 18.8 Å². The topological polar surface area (TPSA) is 66.4 Å². The van der Waals surface area contributed by atoms with E-state index in [0.717, 1.165) is 6.07 Å². The quantitative estimate of drug-likeness (QED) is 0.809. The van der Waals surface area contributed by atoms with Gasteiger partial charge in [0.2, 0.25) is 10.0 Å². The lowest BCUT2D eigenvalue weighted by molar-refractivity contribution is 0.305. The van der Waals surface area contributed by atoms with Gasteiger partial charge in [0, 0.05) is 12.1 Å². The van der Waals surface area contributed by atoms with E-state index in [-0.39, 0.29) is 30.0 Å². The van der Waals surface area contributed by atoms with Crippen LogP contribution in [0.4, 0.5) is 10.1 Å². The van der Waals surface area contributed by atoms with E-state index in [0.29, 0.717) is 6.42 Å². The summed E-state index contributed by atoms with van der Waals surface area (Å²) in [4.78, 5) is 0. The van der Waals surface area contributed by atoms with Crippen molar-refractivity contribution in [2.45, 2.75) is 19.8 Å². The molecule has 0 aliphatic rings. The number of nitrogens with one attached hydrogen (secondary N) is 1. The van der Waals surface area contributed by atoms with Crippen LogP contribution in [0.5, 0.6) is 0 Å². The Bertz CT molecular complexity index is 588. The van der Waals surface area contributed by atoms with Crippen LogP contribution in [0.15, 0.2) is 18.2 Å². The first-order chi connectivity index (χ1) is 8.98. The highest BCUT2D eigenvalue weighted by molar-refractivity contribution is 7.92. The molecule has 104 valence electrons. The average Bonchev–Trinajstić information content (AvgIpc) is 2.33. The Balaban J connectivity index is 2.94. The van der Waals surface area contributed by atoms with Gasteiger partial charge in [0.05, 0.1) is 17.9 Å². The number of halogens is 1. The number of anilines is 1. The van der Waals surface area contributed by atoms with E-state index in [2.05, 4.69) is 16.6 Å². The summed E-state index contributed by atoms with van der Waals surface area (Å²) in [6.45, 7) is 1.66. The maximum atomic E-state index is 13.4. The highest BCUT2D eigenvalue weighted by atomic mass is 32.2. The van der Waals surface area contributed by atoms with Crippen LogP contribution in [-0.4, -0.2) is 25.9 Å². The zero-order valence-electron chi connectivity index (χ0n) is 10.6. The summed E-state index contributed by atoms with van der Waals surface area (Å²) in [5.74, 6) is 4.63. The van der Waals surface area contributed by atoms with Gasteiger partial charge in [-0.05, 0) is 24.6 Å². The van der Waals surface area contributed by atoms with E-state index in [4.69, 9.17) is 5.11 Å². The Morgan fingerprint density at radius 2 is 2.16 bits per heavy atom. The number of hydrogen-bond donors (Lipinski definition) is 2. The lowest BCUT2D eigenvalue weighted by Gasteiger charge is -2.07. The van der Waals surface area contributed by atoms with Crippen molar-refractivity contribution in [3.63, 3.8) is 0 Å². The molecule has 0 heterocycles. The second-order valence-electron chi connectivity index (χ2n) is 3.89. The van der Waals surface area contributed by atoms with Crippen LogP contribution < -0.4 is 4.72 Å². The third-order valence-electron chi connectivity index (χ3n) is 2.17. The van der Waals surface area contributed by atoms with Crippen molar-refractivity contribution < 1.29 is 17.9 Å². The highest BCUT2D eigenvalue weighted by Crippen LogP contribution is 2.15. The van der Waals surface area contributed by atoms with Crippen LogP contribution in [0.3, 0.4) is 0 Å². The lowest BCUT2D eigenvalue weighted by atomic mass is 10.2. The van der Waals surface area contributed by atoms with E-state index >= 15 is 0 Å². The lowest BCUT2D eigenvalue weighted by Crippen LogP contribution is -2.16. The fraction of sp³-hybridized carbons (Fsp3) is 0.385. The van der Waals surface area contributed by atoms with Crippen LogP contribution in [0.25, 0.3) is 0 Å². The van der Waals surface area contributed by atoms with Crippen molar-refractivity contribution in [2.75, 3.05) is 17.1 Å². The first-order valence-corrected chi connectivity index (χ1v) is 7.53. The molecule has 1 aromatic rings. The molecule has 0 saturated heterocycles. The van der Waals surface area contributed by atoms with Gasteiger partial charge in [0.25, 0.3) is 0 Å². The Kier molecular flexibility index (Phi) is 5.80. The Labute approximate surface area is 112 Å². The summed E-state index contributed by atoms with van der Waals surface area (Å²) in [5.41, 5.74) is 0.383. The predicted molar refractivity (Wildman–Crippen MR) is 72.7 cm³/mol. The second-order valence-corrected chi connectivity index (χ2v) is 5.73. The third kappa shape index (κ3) is 5.28. The molecule has 0 aliphatic heterocycles. The first-order valence-electron chi connectivity index (χ1n) is 5.88. The smallest absolute Gasteiger partial charge is 0.232 e. The SMILES string of the molecule is CCCS(=O)(=O)Nc1ccc(F)c(C#CCCO)c1. The Hall–Kier alpha value is -1.58. The van der Waals surface area contributed by atoms with Crippen molar-refractivity contribution in [2.24, 2.45) is 0 Å². The van der Waals surface area contributed by atoms with E-state index in [9.17, 15) is 12.8 Å². The molecule has 0 aliphatic carbocycles. The van der Waals surface area contributed by atoms with Crippen molar-refractivity contribution in [1.29, 1.82) is 0 Å². The molecule has 0 atom stereocenters. The fourth-order valence-corrected chi connectivity index (χ4v) is 2.52. The normalized spacial score (nSPS) is 10.7. The molecule has 0 radical (unpaired) electrons. The molecule has 0 fully saturated rings. The zero-order chi connectivity index (χ0) is 14.3. The minimum atomic E-state index is -3.40. The minimum absolute atomic E-state index is 0.00982. The van der Waals surface area contributed by atoms with E-state index in [1.807, 2.05) is 0 Å². The van der Waals surface area contributed by atoms with Gasteiger partial charge in [-0.3, -0.25) is 4.72 Å². The van der Waals surface area contributed by atoms with E-state index < -0.39 is 15.8 Å². The molecule has 0 amide bonds. The van der Waals surface area contributed by atoms with Gasteiger partial charge < -0.3 is 5.11 Å². The van der Waals surface area contributed by atoms with E-state index in [1.165, 1.54) is 12.1 Å². The van der Waals surface area contributed by atoms with Crippen LogP contribution in [0, 0.1) is 17.7 Å². The number of sulfonamides is 1. The average molecular weight is 285 g/mol. The van der Waals surface area contributed by atoms with Gasteiger partial charge in [-0.25, -0.2) is 12.8 Å². The number of aliphatic hydroxyl groups excluding tert-OH is 1. The van der Waals surface area contributed by atoms with Crippen molar-refractivity contribution in [1.82, 2.24) is 0 Å². The maximum absolute atomic E-state index is 13.4. The molecule has 2 N–H and O–H groups in total. The number of benzene rings is 1. The summed E-state index contributed by atoms with van der Waals surface area (Å²) >= 11 is 0. The maximum Gasteiger partial charge on any atom is 0.232 e. The van der Waals surface area contributed by atoms with Gasteiger partial charge in [-0.15, -0.1) is 0 Å².